The minimum Gasteiger partial charge on any atom is -0.378 e. The van der Waals surface area contributed by atoms with Crippen molar-refractivity contribution in [3.05, 3.63) is 64.1 Å². The van der Waals surface area contributed by atoms with Crippen molar-refractivity contribution in [3.8, 4) is 0 Å². The van der Waals surface area contributed by atoms with Gasteiger partial charge in [0.15, 0.2) is 0 Å². The molecule has 19 heavy (non-hydrogen) atoms. The molecule has 2 aromatic carbocycles. The first-order chi connectivity index (χ1) is 9.20. The first kappa shape index (κ1) is 14.1. The maximum atomic E-state index is 3.68. The number of hydrogen-bond acceptors (Lipinski definition) is 1. The molecule has 0 saturated heterocycles. The van der Waals surface area contributed by atoms with Gasteiger partial charge in [-0.05, 0) is 36.6 Å². The highest BCUT2D eigenvalue weighted by Gasteiger charge is 2.11. The fourth-order valence-corrected chi connectivity index (χ4v) is 2.59. The zero-order chi connectivity index (χ0) is 13.7. The van der Waals surface area contributed by atoms with E-state index in [9.17, 15) is 0 Å². The molecule has 0 bridgehead atoms. The first-order valence-corrected chi connectivity index (χ1v) is 7.57. The predicted molar refractivity (Wildman–Crippen MR) is 86.6 cm³/mol. The normalized spacial score (nSPS) is 12.2. The standard InChI is InChI=1S/C17H20BrN/c1-3-7-16(14-8-5-4-6-9-14)19-17-12-15(18)11-10-13(17)2/h4-6,8-12,16,19H,3,7H2,1-2H3. The van der Waals surface area contributed by atoms with E-state index in [1.165, 1.54) is 23.2 Å². The molecule has 2 aromatic rings. The highest BCUT2D eigenvalue weighted by molar-refractivity contribution is 9.10. The Morgan fingerprint density at radius 1 is 1.11 bits per heavy atom. The molecular formula is C17H20BrN. The van der Waals surface area contributed by atoms with Crippen LogP contribution in [0.5, 0.6) is 0 Å². The van der Waals surface area contributed by atoms with Crippen LogP contribution < -0.4 is 5.32 Å². The van der Waals surface area contributed by atoms with E-state index in [1.807, 2.05) is 0 Å². The molecule has 0 heterocycles. The Balaban J connectivity index is 2.24. The SMILES string of the molecule is CCCC(Nc1cc(Br)ccc1C)c1ccccc1. The van der Waals surface area contributed by atoms with Crippen molar-refractivity contribution in [2.24, 2.45) is 0 Å². The highest BCUT2D eigenvalue weighted by atomic mass is 79.9. The van der Waals surface area contributed by atoms with Crippen LogP contribution in [0, 0.1) is 6.92 Å². The predicted octanol–water partition coefficient (Wildman–Crippen LogP) is 5.71. The van der Waals surface area contributed by atoms with Gasteiger partial charge in [-0.15, -0.1) is 0 Å². The molecule has 1 atom stereocenters. The third-order valence-corrected chi connectivity index (χ3v) is 3.80. The van der Waals surface area contributed by atoms with E-state index < -0.39 is 0 Å². The van der Waals surface area contributed by atoms with Gasteiger partial charge in [-0.2, -0.15) is 0 Å². The van der Waals surface area contributed by atoms with E-state index in [0.717, 1.165) is 10.9 Å². The van der Waals surface area contributed by atoms with Gasteiger partial charge in [0.1, 0.15) is 0 Å². The fourth-order valence-electron chi connectivity index (χ4n) is 2.23. The molecular weight excluding hydrogens is 298 g/mol. The summed E-state index contributed by atoms with van der Waals surface area (Å²) in [5.41, 5.74) is 3.83. The first-order valence-electron chi connectivity index (χ1n) is 6.78. The second-order valence-electron chi connectivity index (χ2n) is 4.86. The summed E-state index contributed by atoms with van der Waals surface area (Å²) in [5.74, 6) is 0. The van der Waals surface area contributed by atoms with Crippen LogP contribution in [0.3, 0.4) is 0 Å². The maximum absolute atomic E-state index is 3.68. The van der Waals surface area contributed by atoms with Crippen LogP contribution >= 0.6 is 15.9 Å². The van der Waals surface area contributed by atoms with Gasteiger partial charge in [-0.25, -0.2) is 0 Å². The van der Waals surface area contributed by atoms with Gasteiger partial charge in [0.05, 0.1) is 6.04 Å². The number of hydrogen-bond donors (Lipinski definition) is 1. The van der Waals surface area contributed by atoms with Gasteiger partial charge in [0.2, 0.25) is 0 Å². The quantitative estimate of drug-likeness (QED) is 0.744. The molecule has 0 spiro atoms. The molecule has 2 rings (SSSR count). The Hall–Kier alpha value is -1.28. The minimum atomic E-state index is 0.374. The molecule has 0 aliphatic carbocycles. The lowest BCUT2D eigenvalue weighted by Crippen LogP contribution is -2.11. The highest BCUT2D eigenvalue weighted by Crippen LogP contribution is 2.27. The summed E-state index contributed by atoms with van der Waals surface area (Å²) in [7, 11) is 0. The summed E-state index contributed by atoms with van der Waals surface area (Å²) in [6.45, 7) is 4.37. The van der Waals surface area contributed by atoms with Crippen LogP contribution in [-0.2, 0) is 0 Å². The second kappa shape index (κ2) is 6.76. The van der Waals surface area contributed by atoms with Gasteiger partial charge in [-0.1, -0.05) is 65.7 Å². The number of halogens is 1. The zero-order valence-electron chi connectivity index (χ0n) is 11.5. The van der Waals surface area contributed by atoms with Crippen molar-refractivity contribution in [2.45, 2.75) is 32.7 Å². The van der Waals surface area contributed by atoms with Crippen molar-refractivity contribution in [1.82, 2.24) is 0 Å². The summed E-state index contributed by atoms with van der Waals surface area (Å²) in [5, 5.41) is 3.68. The van der Waals surface area contributed by atoms with Crippen LogP contribution in [0.15, 0.2) is 53.0 Å². The lowest BCUT2D eigenvalue weighted by molar-refractivity contribution is 0.677. The van der Waals surface area contributed by atoms with Gasteiger partial charge in [-0.3, -0.25) is 0 Å². The second-order valence-corrected chi connectivity index (χ2v) is 5.77. The Kier molecular flexibility index (Phi) is 5.03. The molecule has 1 unspecified atom stereocenters. The molecule has 0 amide bonds. The molecule has 0 aliphatic heterocycles. The van der Waals surface area contributed by atoms with Crippen molar-refractivity contribution in [1.29, 1.82) is 0 Å². The monoisotopic (exact) mass is 317 g/mol. The summed E-state index contributed by atoms with van der Waals surface area (Å²) >= 11 is 3.54. The van der Waals surface area contributed by atoms with Crippen LogP contribution in [0.25, 0.3) is 0 Å². The topological polar surface area (TPSA) is 12.0 Å². The lowest BCUT2D eigenvalue weighted by atomic mass is 10.0. The van der Waals surface area contributed by atoms with E-state index in [0.29, 0.717) is 6.04 Å². The number of nitrogens with one attached hydrogen (secondary N) is 1. The molecule has 0 saturated carbocycles. The maximum Gasteiger partial charge on any atom is 0.0513 e. The molecule has 100 valence electrons. The van der Waals surface area contributed by atoms with Crippen molar-refractivity contribution in [3.63, 3.8) is 0 Å². The number of rotatable bonds is 5. The van der Waals surface area contributed by atoms with E-state index in [4.69, 9.17) is 0 Å². The van der Waals surface area contributed by atoms with E-state index >= 15 is 0 Å². The summed E-state index contributed by atoms with van der Waals surface area (Å²) in [6, 6.07) is 17.4. The Morgan fingerprint density at radius 2 is 1.84 bits per heavy atom. The molecule has 1 nitrogen and oxygen atoms in total. The summed E-state index contributed by atoms with van der Waals surface area (Å²) in [4.78, 5) is 0. The third kappa shape index (κ3) is 3.84. The van der Waals surface area contributed by atoms with Gasteiger partial charge >= 0.3 is 0 Å². The molecule has 0 aliphatic rings. The fraction of sp³-hybridized carbons (Fsp3) is 0.294. The van der Waals surface area contributed by atoms with Gasteiger partial charge < -0.3 is 5.32 Å². The number of benzene rings is 2. The largest absolute Gasteiger partial charge is 0.378 e. The Bertz CT molecular complexity index is 522. The molecule has 0 fully saturated rings. The van der Waals surface area contributed by atoms with E-state index in [2.05, 4.69) is 83.6 Å². The molecule has 2 heteroatoms. The van der Waals surface area contributed by atoms with Crippen molar-refractivity contribution in [2.75, 3.05) is 5.32 Å². The van der Waals surface area contributed by atoms with Crippen LogP contribution in [-0.4, -0.2) is 0 Å². The number of aryl methyl sites for hydroxylation is 1. The lowest BCUT2D eigenvalue weighted by Gasteiger charge is -2.21. The van der Waals surface area contributed by atoms with Gasteiger partial charge in [0.25, 0.3) is 0 Å². The average molecular weight is 318 g/mol. The van der Waals surface area contributed by atoms with E-state index in [1.54, 1.807) is 0 Å². The Labute approximate surface area is 124 Å². The minimum absolute atomic E-state index is 0.374. The third-order valence-electron chi connectivity index (χ3n) is 3.31. The zero-order valence-corrected chi connectivity index (χ0v) is 13.1. The summed E-state index contributed by atoms with van der Waals surface area (Å²) in [6.07, 6.45) is 2.30. The van der Waals surface area contributed by atoms with Crippen molar-refractivity contribution < 1.29 is 0 Å². The smallest absolute Gasteiger partial charge is 0.0513 e. The van der Waals surface area contributed by atoms with Gasteiger partial charge in [0, 0.05) is 10.2 Å². The number of anilines is 1. The molecule has 0 aromatic heterocycles. The molecule has 1 N–H and O–H groups in total. The average Bonchev–Trinajstić information content (AvgIpc) is 2.43. The van der Waals surface area contributed by atoms with Crippen LogP contribution in [0.1, 0.15) is 36.9 Å². The Morgan fingerprint density at radius 3 is 2.53 bits per heavy atom. The van der Waals surface area contributed by atoms with Crippen LogP contribution in [0.4, 0.5) is 5.69 Å². The van der Waals surface area contributed by atoms with Crippen molar-refractivity contribution >= 4 is 21.6 Å². The molecule has 0 radical (unpaired) electrons. The summed E-state index contributed by atoms with van der Waals surface area (Å²) < 4.78 is 1.11. The van der Waals surface area contributed by atoms with Crippen LogP contribution in [0.2, 0.25) is 0 Å². The van der Waals surface area contributed by atoms with E-state index in [-0.39, 0.29) is 0 Å².